The summed E-state index contributed by atoms with van der Waals surface area (Å²) in [6.07, 6.45) is 0. The van der Waals surface area contributed by atoms with Crippen LogP contribution in [0.4, 0.5) is 0 Å². The molecule has 0 amide bonds. The molecule has 8 heavy (non-hydrogen) atoms. The predicted molar refractivity (Wildman–Crippen MR) is 34.2 cm³/mol. The molecular formula is C6H6SV. The van der Waals surface area contributed by atoms with Crippen LogP contribution >= 0.6 is 11.3 Å². The van der Waals surface area contributed by atoms with Gasteiger partial charge in [-0.3, -0.25) is 0 Å². The molecule has 0 aliphatic heterocycles. The quantitative estimate of drug-likeness (QED) is 0.588. The first-order chi connectivity index (χ1) is 3.84. The van der Waals surface area contributed by atoms with Crippen molar-refractivity contribution in [2.75, 3.05) is 0 Å². The average molecular weight is 161 g/mol. The van der Waals surface area contributed by atoms with E-state index in [1.807, 2.05) is 0 Å². The zero-order valence-corrected chi connectivity index (χ0v) is 6.80. The topological polar surface area (TPSA) is 0 Å². The Labute approximate surface area is 62.0 Å². The van der Waals surface area contributed by atoms with E-state index in [-0.39, 0.29) is 0 Å². The van der Waals surface area contributed by atoms with Gasteiger partial charge < -0.3 is 0 Å². The van der Waals surface area contributed by atoms with Gasteiger partial charge in [-0.2, -0.15) is 0 Å². The summed E-state index contributed by atoms with van der Waals surface area (Å²) in [6, 6.07) is 2.12. The van der Waals surface area contributed by atoms with Gasteiger partial charge in [0.2, 0.25) is 0 Å². The van der Waals surface area contributed by atoms with E-state index in [2.05, 4.69) is 40.1 Å². The Bertz CT molecular complexity index is 190. The molecule has 41 valence electrons. The minimum absolute atomic E-state index is 1.34. The van der Waals surface area contributed by atoms with Crippen molar-refractivity contribution in [2.24, 2.45) is 0 Å². The second-order valence-corrected chi connectivity index (χ2v) is 3.08. The fourth-order valence-corrected chi connectivity index (χ4v) is 1.79. The molecule has 0 aliphatic carbocycles. The van der Waals surface area contributed by atoms with Crippen LogP contribution in [-0.4, -0.2) is 4.73 Å². The van der Waals surface area contributed by atoms with E-state index < -0.39 is 0 Å². The fraction of sp³-hybridized carbons (Fsp3) is 0.167. The molecule has 0 unspecified atom stereocenters. The number of hydrogen-bond donors (Lipinski definition) is 0. The van der Waals surface area contributed by atoms with Gasteiger partial charge in [-0.15, -0.1) is 0 Å². The van der Waals surface area contributed by atoms with Crippen LogP contribution in [-0.2, 0) is 17.0 Å². The normalized spacial score (nSPS) is 9.00. The van der Waals surface area contributed by atoms with Gasteiger partial charge in [0.25, 0.3) is 0 Å². The van der Waals surface area contributed by atoms with E-state index in [4.69, 9.17) is 0 Å². The molecule has 0 aliphatic rings. The Kier molecular flexibility index (Phi) is 2.06. The van der Waals surface area contributed by atoms with E-state index in [1.54, 1.807) is 11.3 Å². The molecule has 1 aromatic rings. The fourth-order valence-electron chi connectivity index (χ4n) is 0.529. The van der Waals surface area contributed by atoms with Crippen molar-refractivity contribution in [3.63, 3.8) is 0 Å². The van der Waals surface area contributed by atoms with Gasteiger partial charge in [0.05, 0.1) is 0 Å². The van der Waals surface area contributed by atoms with Gasteiger partial charge in [0.15, 0.2) is 0 Å². The summed E-state index contributed by atoms with van der Waals surface area (Å²) in [6.45, 7) is 2.13. The van der Waals surface area contributed by atoms with Crippen molar-refractivity contribution in [3.05, 3.63) is 21.9 Å². The Hall–Kier alpha value is 0.154. The van der Waals surface area contributed by atoms with Gasteiger partial charge >= 0.3 is 61.9 Å². The standard InChI is InChI=1S/C6H6S.V/c1-5-3-4-7-6(5)2;/h1,3-4H,2H3;. The van der Waals surface area contributed by atoms with Gasteiger partial charge in [-0.05, 0) is 0 Å². The summed E-state index contributed by atoms with van der Waals surface area (Å²) in [5, 5.41) is 2.11. The summed E-state index contributed by atoms with van der Waals surface area (Å²) in [5.41, 5.74) is 1.34. The van der Waals surface area contributed by atoms with E-state index in [1.165, 1.54) is 10.4 Å². The van der Waals surface area contributed by atoms with Crippen LogP contribution in [0.2, 0.25) is 0 Å². The van der Waals surface area contributed by atoms with Gasteiger partial charge in [0.1, 0.15) is 0 Å². The molecule has 0 saturated heterocycles. The predicted octanol–water partition coefficient (Wildman–Crippen LogP) is 1.75. The zero-order valence-electron chi connectivity index (χ0n) is 4.59. The van der Waals surface area contributed by atoms with Crippen molar-refractivity contribution < 1.29 is 17.0 Å². The summed E-state index contributed by atoms with van der Waals surface area (Å²) in [7, 11) is 0. The molecular weight excluding hydrogens is 155 g/mol. The van der Waals surface area contributed by atoms with E-state index >= 15 is 0 Å². The molecule has 0 N–H and O–H groups in total. The van der Waals surface area contributed by atoms with Crippen molar-refractivity contribution in [1.29, 1.82) is 0 Å². The molecule has 0 nitrogen and oxygen atoms in total. The van der Waals surface area contributed by atoms with Crippen LogP contribution in [0.25, 0.3) is 0 Å². The Balaban J connectivity index is 3.09. The second-order valence-electron chi connectivity index (χ2n) is 1.56. The summed E-state index contributed by atoms with van der Waals surface area (Å²) >= 11 is 4.25. The van der Waals surface area contributed by atoms with Crippen LogP contribution in [0.5, 0.6) is 0 Å². The number of aryl methyl sites for hydroxylation is 1. The third-order valence-corrected chi connectivity index (χ3v) is 2.33. The molecule has 1 heterocycles. The van der Waals surface area contributed by atoms with Crippen molar-refractivity contribution in [1.82, 2.24) is 0 Å². The monoisotopic (exact) mass is 161 g/mol. The number of hydrogen-bond acceptors (Lipinski definition) is 1. The first kappa shape index (κ1) is 6.28. The second kappa shape index (κ2) is 2.63. The van der Waals surface area contributed by atoms with Crippen LogP contribution in [0.1, 0.15) is 10.4 Å². The van der Waals surface area contributed by atoms with Crippen molar-refractivity contribution >= 4 is 16.1 Å². The van der Waals surface area contributed by atoms with Gasteiger partial charge in [0, 0.05) is 0 Å². The Morgan fingerprint density at radius 1 is 1.75 bits per heavy atom. The summed E-state index contributed by atoms with van der Waals surface area (Å²) in [5.74, 6) is 0. The van der Waals surface area contributed by atoms with E-state index in [9.17, 15) is 0 Å². The van der Waals surface area contributed by atoms with E-state index in [0.29, 0.717) is 0 Å². The summed E-state index contributed by atoms with van der Waals surface area (Å²) < 4.78 is 2.07. The van der Waals surface area contributed by atoms with Crippen LogP contribution in [0.3, 0.4) is 0 Å². The molecule has 0 fully saturated rings. The zero-order chi connectivity index (χ0) is 5.98. The van der Waals surface area contributed by atoms with Gasteiger partial charge in [-0.1, -0.05) is 0 Å². The maximum absolute atomic E-state index is 2.47. The first-order valence-electron chi connectivity index (χ1n) is 2.36. The first-order valence-corrected chi connectivity index (χ1v) is 4.04. The molecule has 0 bridgehead atoms. The number of rotatable bonds is 1. The number of thiophene rings is 1. The molecule has 1 rings (SSSR count). The van der Waals surface area contributed by atoms with Crippen LogP contribution < -0.4 is 0 Å². The van der Waals surface area contributed by atoms with Crippen molar-refractivity contribution in [3.8, 4) is 0 Å². The summed E-state index contributed by atoms with van der Waals surface area (Å²) in [4.78, 5) is 1.39. The maximum atomic E-state index is 2.47. The molecule has 0 atom stereocenters. The molecule has 1 aromatic heterocycles. The van der Waals surface area contributed by atoms with E-state index in [0.717, 1.165) is 0 Å². The molecule has 2 heteroatoms. The van der Waals surface area contributed by atoms with Gasteiger partial charge in [-0.25, -0.2) is 0 Å². The molecule has 0 spiro atoms. The SMILES string of the molecule is Cc1sccc1[CH]=[V]. The minimum atomic E-state index is 1.34. The third-order valence-electron chi connectivity index (χ3n) is 1.04. The average Bonchev–Trinajstić information content (AvgIpc) is 2.14. The Morgan fingerprint density at radius 3 is 2.75 bits per heavy atom. The molecule has 0 radical (unpaired) electrons. The van der Waals surface area contributed by atoms with Crippen molar-refractivity contribution in [2.45, 2.75) is 6.92 Å². The third kappa shape index (κ3) is 1.11. The molecule has 0 aromatic carbocycles. The Morgan fingerprint density at radius 2 is 2.50 bits per heavy atom. The molecule has 0 saturated carbocycles. The van der Waals surface area contributed by atoms with Crippen LogP contribution in [0.15, 0.2) is 11.4 Å². The van der Waals surface area contributed by atoms with Crippen LogP contribution in [0, 0.1) is 6.92 Å².